The lowest BCUT2D eigenvalue weighted by Crippen LogP contribution is -2.02. The highest BCUT2D eigenvalue weighted by Gasteiger charge is 2.19. The summed E-state index contributed by atoms with van der Waals surface area (Å²) in [5, 5.41) is 12.0. The van der Waals surface area contributed by atoms with E-state index in [-0.39, 0.29) is 5.82 Å². The summed E-state index contributed by atoms with van der Waals surface area (Å²) in [7, 11) is 0. The van der Waals surface area contributed by atoms with Crippen molar-refractivity contribution < 1.29 is 4.39 Å². The van der Waals surface area contributed by atoms with Crippen molar-refractivity contribution in [2.24, 2.45) is 0 Å². The van der Waals surface area contributed by atoms with Gasteiger partial charge in [-0.1, -0.05) is 42.4 Å². The summed E-state index contributed by atoms with van der Waals surface area (Å²) < 4.78 is 16.0. The number of thioether (sulfide) groups is 1. The molecule has 2 aromatic heterocycles. The maximum atomic E-state index is 14.0. The smallest absolute Gasteiger partial charge is 0.192 e. The summed E-state index contributed by atoms with van der Waals surface area (Å²) >= 11 is 9.27. The van der Waals surface area contributed by atoms with Gasteiger partial charge in [0.05, 0.1) is 0 Å². The van der Waals surface area contributed by atoms with Crippen LogP contribution in [0.4, 0.5) is 4.39 Å². The maximum Gasteiger partial charge on any atom is 0.192 e. The molecule has 3 rings (SSSR count). The SMILES string of the molecule is C=CCn1c(SCc2c(F)cccc2Cl)nnc1-c1csc(C)c1CC. The minimum atomic E-state index is -0.304. The zero-order valence-electron chi connectivity index (χ0n) is 14.6. The summed E-state index contributed by atoms with van der Waals surface area (Å²) in [5.74, 6) is 0.916. The normalized spacial score (nSPS) is 11.1. The molecule has 0 unspecified atom stereocenters. The van der Waals surface area contributed by atoms with Gasteiger partial charge in [-0.2, -0.15) is 0 Å². The molecule has 136 valence electrons. The van der Waals surface area contributed by atoms with Gasteiger partial charge in [0.15, 0.2) is 11.0 Å². The lowest BCUT2D eigenvalue weighted by Gasteiger charge is -2.09. The molecule has 0 aliphatic carbocycles. The summed E-state index contributed by atoms with van der Waals surface area (Å²) in [5.41, 5.74) is 2.89. The Kier molecular flexibility index (Phi) is 6.16. The Morgan fingerprint density at radius 1 is 1.35 bits per heavy atom. The molecule has 26 heavy (non-hydrogen) atoms. The Morgan fingerprint density at radius 2 is 2.15 bits per heavy atom. The van der Waals surface area contributed by atoms with E-state index in [2.05, 4.69) is 36.0 Å². The van der Waals surface area contributed by atoms with Gasteiger partial charge in [0, 0.05) is 38.7 Å². The van der Waals surface area contributed by atoms with E-state index in [4.69, 9.17) is 11.6 Å². The van der Waals surface area contributed by atoms with Crippen molar-refractivity contribution in [3.8, 4) is 11.4 Å². The van der Waals surface area contributed by atoms with E-state index < -0.39 is 0 Å². The van der Waals surface area contributed by atoms with Crippen molar-refractivity contribution in [3.63, 3.8) is 0 Å². The molecule has 0 aliphatic heterocycles. The van der Waals surface area contributed by atoms with E-state index in [0.29, 0.717) is 22.9 Å². The molecule has 0 amide bonds. The van der Waals surface area contributed by atoms with Gasteiger partial charge in [-0.3, -0.25) is 4.57 Å². The molecule has 0 saturated carbocycles. The summed E-state index contributed by atoms with van der Waals surface area (Å²) in [6.45, 7) is 8.70. The highest BCUT2D eigenvalue weighted by Crippen LogP contribution is 2.34. The Balaban J connectivity index is 1.94. The number of aromatic nitrogens is 3. The number of aryl methyl sites for hydroxylation is 1. The molecule has 2 heterocycles. The minimum Gasteiger partial charge on any atom is -0.298 e. The minimum absolute atomic E-state index is 0.304. The molecule has 0 aliphatic rings. The number of halogens is 2. The fourth-order valence-corrected chi connectivity index (χ4v) is 5.03. The highest BCUT2D eigenvalue weighted by atomic mass is 35.5. The molecule has 7 heteroatoms. The fraction of sp³-hybridized carbons (Fsp3) is 0.263. The van der Waals surface area contributed by atoms with Crippen LogP contribution in [0.2, 0.25) is 5.02 Å². The van der Waals surface area contributed by atoms with E-state index in [1.165, 1.54) is 28.3 Å². The summed E-state index contributed by atoms with van der Waals surface area (Å²) in [6.07, 6.45) is 2.76. The summed E-state index contributed by atoms with van der Waals surface area (Å²) in [6, 6.07) is 4.72. The quantitative estimate of drug-likeness (QED) is 0.347. The first-order chi connectivity index (χ1) is 12.6. The molecule has 0 saturated heterocycles. The third kappa shape index (κ3) is 3.72. The van der Waals surface area contributed by atoms with Crippen LogP contribution in [-0.4, -0.2) is 14.8 Å². The number of hydrogen-bond donors (Lipinski definition) is 0. The standard InChI is InChI=1S/C19H19ClFN3S2/c1-4-9-24-18(14-10-25-12(3)13(14)5-2)22-23-19(24)26-11-15-16(20)7-6-8-17(15)21/h4,6-8,10H,1,5,9,11H2,2-3H3. The molecule has 0 bridgehead atoms. The van der Waals surface area contributed by atoms with Gasteiger partial charge in [0.25, 0.3) is 0 Å². The molecule has 0 radical (unpaired) electrons. The van der Waals surface area contributed by atoms with Gasteiger partial charge in [0.2, 0.25) is 0 Å². The molecule has 1 aromatic carbocycles. The number of thiophene rings is 1. The van der Waals surface area contributed by atoms with E-state index in [1.54, 1.807) is 23.5 Å². The van der Waals surface area contributed by atoms with Crippen molar-refractivity contribution in [3.05, 3.63) is 63.1 Å². The van der Waals surface area contributed by atoms with Crippen LogP contribution in [0, 0.1) is 12.7 Å². The molecule has 0 spiro atoms. The molecule has 3 nitrogen and oxygen atoms in total. The second kappa shape index (κ2) is 8.37. The average Bonchev–Trinajstić information content (AvgIpc) is 3.18. The number of nitrogens with zero attached hydrogens (tertiary/aromatic N) is 3. The number of rotatable bonds is 7. The van der Waals surface area contributed by atoms with Crippen LogP contribution in [-0.2, 0) is 18.7 Å². The molecule has 0 fully saturated rings. The fourth-order valence-electron chi connectivity index (χ4n) is 2.80. The van der Waals surface area contributed by atoms with Gasteiger partial charge >= 0.3 is 0 Å². The Hall–Kier alpha value is -1.63. The van der Waals surface area contributed by atoms with Gasteiger partial charge in [0.1, 0.15) is 5.82 Å². The molecule has 0 atom stereocenters. The van der Waals surface area contributed by atoms with Crippen LogP contribution in [0.5, 0.6) is 0 Å². The van der Waals surface area contributed by atoms with Gasteiger partial charge < -0.3 is 0 Å². The zero-order valence-corrected chi connectivity index (χ0v) is 17.0. The van der Waals surface area contributed by atoms with Crippen LogP contribution < -0.4 is 0 Å². The molecule has 0 N–H and O–H groups in total. The Labute approximate surface area is 165 Å². The third-order valence-electron chi connectivity index (χ3n) is 4.13. The number of hydrogen-bond acceptors (Lipinski definition) is 4. The first-order valence-electron chi connectivity index (χ1n) is 8.23. The van der Waals surface area contributed by atoms with Crippen molar-refractivity contribution in [2.75, 3.05) is 0 Å². The first kappa shape index (κ1) is 19.1. The third-order valence-corrected chi connectivity index (χ3v) is 6.43. The second-order valence-corrected chi connectivity index (χ2v) is 8.17. The number of benzene rings is 1. The predicted octanol–water partition coefficient (Wildman–Crippen LogP) is 6.15. The first-order valence-corrected chi connectivity index (χ1v) is 10.5. The topological polar surface area (TPSA) is 30.7 Å². The van der Waals surface area contributed by atoms with E-state index >= 15 is 0 Å². The lowest BCUT2D eigenvalue weighted by atomic mass is 10.1. The van der Waals surface area contributed by atoms with Crippen LogP contribution in [0.25, 0.3) is 11.4 Å². The van der Waals surface area contributed by atoms with E-state index in [1.807, 2.05) is 10.6 Å². The van der Waals surface area contributed by atoms with Gasteiger partial charge in [-0.05, 0) is 31.0 Å². The molecular formula is C19H19ClFN3S2. The van der Waals surface area contributed by atoms with Crippen LogP contribution in [0.3, 0.4) is 0 Å². The summed E-state index contributed by atoms with van der Waals surface area (Å²) in [4.78, 5) is 1.29. The van der Waals surface area contributed by atoms with Crippen LogP contribution >= 0.6 is 34.7 Å². The van der Waals surface area contributed by atoms with Crippen molar-refractivity contribution >= 4 is 34.7 Å². The Morgan fingerprint density at radius 3 is 2.85 bits per heavy atom. The maximum absolute atomic E-state index is 14.0. The van der Waals surface area contributed by atoms with Crippen LogP contribution in [0.15, 0.2) is 41.4 Å². The van der Waals surface area contributed by atoms with Gasteiger partial charge in [-0.25, -0.2) is 4.39 Å². The van der Waals surface area contributed by atoms with E-state index in [9.17, 15) is 4.39 Å². The molecular weight excluding hydrogens is 389 g/mol. The van der Waals surface area contributed by atoms with Gasteiger partial charge in [-0.15, -0.1) is 28.1 Å². The predicted molar refractivity (Wildman–Crippen MR) is 109 cm³/mol. The largest absolute Gasteiger partial charge is 0.298 e. The zero-order chi connectivity index (χ0) is 18.7. The van der Waals surface area contributed by atoms with Crippen LogP contribution in [0.1, 0.15) is 22.9 Å². The second-order valence-electron chi connectivity index (χ2n) is 5.73. The molecule has 3 aromatic rings. The van der Waals surface area contributed by atoms with Crippen molar-refractivity contribution in [1.29, 1.82) is 0 Å². The monoisotopic (exact) mass is 407 g/mol. The van der Waals surface area contributed by atoms with Crippen molar-refractivity contribution in [2.45, 2.75) is 37.7 Å². The van der Waals surface area contributed by atoms with Crippen molar-refractivity contribution in [1.82, 2.24) is 14.8 Å². The number of allylic oxidation sites excluding steroid dienone is 1. The average molecular weight is 408 g/mol. The Bertz CT molecular complexity index is 913. The highest BCUT2D eigenvalue weighted by molar-refractivity contribution is 7.98. The van der Waals surface area contributed by atoms with E-state index in [0.717, 1.165) is 23.0 Å². The lowest BCUT2D eigenvalue weighted by molar-refractivity contribution is 0.617.